The lowest BCUT2D eigenvalue weighted by Gasteiger charge is -2.34. The largest absolute Gasteiger partial charge is 0.329 e. The van der Waals surface area contributed by atoms with Crippen molar-refractivity contribution in [3.63, 3.8) is 0 Å². The number of amides is 1. The number of nitrogens with zero attached hydrogens (tertiary/aromatic N) is 3. The number of thiazole rings is 1. The number of hydrogen-bond donors (Lipinski definition) is 0. The topological polar surface area (TPSA) is 37.6 Å². The van der Waals surface area contributed by atoms with Crippen LogP contribution in [-0.2, 0) is 0 Å². The van der Waals surface area contributed by atoms with Gasteiger partial charge in [0.2, 0.25) is 0 Å². The summed E-state index contributed by atoms with van der Waals surface area (Å²) in [6.07, 6.45) is 5.29. The summed E-state index contributed by atoms with van der Waals surface area (Å²) in [5.74, 6) is 1.15. The van der Waals surface area contributed by atoms with Crippen molar-refractivity contribution in [1.29, 1.82) is 0 Å². The fourth-order valence-corrected chi connectivity index (χ4v) is 4.81. The van der Waals surface area contributed by atoms with E-state index in [9.17, 15) is 4.79 Å². The predicted octanol–water partition coefficient (Wildman–Crippen LogP) is 4.13. The molecule has 1 aliphatic heterocycles. The molecule has 0 aromatic carbocycles. The molecule has 0 bridgehead atoms. The number of thiophene rings is 1. The Hall–Kier alpha value is -1.66. The zero-order valence-electron chi connectivity index (χ0n) is 12.4. The zero-order chi connectivity index (χ0) is 15.1. The molecule has 3 aromatic heterocycles. The van der Waals surface area contributed by atoms with Crippen LogP contribution >= 0.6 is 22.7 Å². The summed E-state index contributed by atoms with van der Waals surface area (Å²) in [7, 11) is 0. The molecule has 4 heterocycles. The smallest absolute Gasteiger partial charge is 0.264 e. The summed E-state index contributed by atoms with van der Waals surface area (Å²) in [5, 5.41) is 4.05. The van der Waals surface area contributed by atoms with E-state index in [1.54, 1.807) is 11.3 Å². The van der Waals surface area contributed by atoms with Gasteiger partial charge in [-0.15, -0.1) is 22.7 Å². The molecule has 1 fully saturated rings. The minimum atomic E-state index is 0.102. The fraction of sp³-hybridized carbons (Fsp3) is 0.375. The van der Waals surface area contributed by atoms with Crippen molar-refractivity contribution >= 4 is 33.4 Å². The Kier molecular flexibility index (Phi) is 3.50. The molecule has 22 heavy (non-hydrogen) atoms. The van der Waals surface area contributed by atoms with Crippen molar-refractivity contribution < 1.29 is 4.79 Å². The molecular formula is C16H17N3OS2. The van der Waals surface area contributed by atoms with E-state index in [-0.39, 0.29) is 11.9 Å². The zero-order valence-corrected chi connectivity index (χ0v) is 14.0. The maximum atomic E-state index is 12.8. The SMILES string of the molecule is Cc1nc(C2CCCCN2C(=O)c2cccs2)c2sccn12. The van der Waals surface area contributed by atoms with Crippen LogP contribution in [-0.4, -0.2) is 26.7 Å². The van der Waals surface area contributed by atoms with E-state index in [4.69, 9.17) is 4.98 Å². The van der Waals surface area contributed by atoms with Crippen LogP contribution in [0.4, 0.5) is 0 Å². The van der Waals surface area contributed by atoms with Crippen LogP contribution < -0.4 is 0 Å². The minimum Gasteiger partial charge on any atom is -0.329 e. The first kappa shape index (κ1) is 14.0. The van der Waals surface area contributed by atoms with Gasteiger partial charge in [-0.1, -0.05) is 6.07 Å². The van der Waals surface area contributed by atoms with Gasteiger partial charge in [-0.25, -0.2) is 4.98 Å². The first-order valence-corrected chi connectivity index (χ1v) is 9.28. The van der Waals surface area contributed by atoms with Gasteiger partial charge in [0, 0.05) is 18.1 Å². The molecule has 0 aliphatic carbocycles. The highest BCUT2D eigenvalue weighted by Crippen LogP contribution is 2.36. The average Bonchev–Trinajstić information content (AvgIpc) is 3.26. The third kappa shape index (κ3) is 2.18. The molecule has 4 nitrogen and oxygen atoms in total. The van der Waals surface area contributed by atoms with Crippen LogP contribution in [0.25, 0.3) is 4.83 Å². The molecule has 0 saturated carbocycles. The van der Waals surface area contributed by atoms with E-state index in [2.05, 4.69) is 16.0 Å². The Morgan fingerprint density at radius 2 is 2.23 bits per heavy atom. The Morgan fingerprint density at radius 1 is 1.32 bits per heavy atom. The number of carbonyl (C=O) groups excluding carboxylic acids is 1. The number of imidazole rings is 1. The van der Waals surface area contributed by atoms with Crippen LogP contribution in [0.15, 0.2) is 29.1 Å². The summed E-state index contributed by atoms with van der Waals surface area (Å²) in [5.41, 5.74) is 1.07. The second-order valence-electron chi connectivity index (χ2n) is 5.61. The molecule has 6 heteroatoms. The van der Waals surface area contributed by atoms with Gasteiger partial charge in [0.1, 0.15) is 10.7 Å². The average molecular weight is 331 g/mol. The summed E-state index contributed by atoms with van der Waals surface area (Å²) in [6.45, 7) is 2.85. The van der Waals surface area contributed by atoms with Crippen LogP contribution in [0.3, 0.4) is 0 Å². The first-order chi connectivity index (χ1) is 10.8. The predicted molar refractivity (Wildman–Crippen MR) is 89.8 cm³/mol. The van der Waals surface area contributed by atoms with Crippen molar-refractivity contribution in [3.8, 4) is 0 Å². The molecule has 114 valence electrons. The molecule has 1 saturated heterocycles. The van der Waals surface area contributed by atoms with Crippen LogP contribution in [0, 0.1) is 6.92 Å². The molecule has 1 atom stereocenters. The van der Waals surface area contributed by atoms with E-state index in [0.717, 1.165) is 42.2 Å². The summed E-state index contributed by atoms with van der Waals surface area (Å²) < 4.78 is 2.13. The quantitative estimate of drug-likeness (QED) is 0.708. The monoisotopic (exact) mass is 331 g/mol. The number of likely N-dealkylation sites (tertiary alicyclic amines) is 1. The Labute approximate surface area is 137 Å². The van der Waals surface area contributed by atoms with Crippen LogP contribution in [0.5, 0.6) is 0 Å². The summed E-state index contributed by atoms with van der Waals surface area (Å²) in [6, 6.07) is 3.96. The lowest BCUT2D eigenvalue weighted by molar-refractivity contribution is 0.0613. The number of hydrogen-bond acceptors (Lipinski definition) is 4. The van der Waals surface area contributed by atoms with Gasteiger partial charge in [0.15, 0.2) is 0 Å². The minimum absolute atomic E-state index is 0.102. The van der Waals surface area contributed by atoms with E-state index in [1.807, 2.05) is 29.3 Å². The molecule has 1 unspecified atom stereocenters. The van der Waals surface area contributed by atoms with Gasteiger partial charge < -0.3 is 4.90 Å². The van der Waals surface area contributed by atoms with Crippen molar-refractivity contribution in [2.75, 3.05) is 6.54 Å². The Bertz CT molecular complexity index is 803. The lowest BCUT2D eigenvalue weighted by atomic mass is 9.99. The maximum absolute atomic E-state index is 12.8. The fourth-order valence-electron chi connectivity index (χ4n) is 3.21. The molecule has 4 rings (SSSR count). The third-order valence-corrected chi connectivity index (χ3v) is 6.01. The normalized spacial score (nSPS) is 19.0. The second-order valence-corrected chi connectivity index (χ2v) is 7.45. The molecule has 1 aliphatic rings. The highest BCUT2D eigenvalue weighted by molar-refractivity contribution is 7.15. The van der Waals surface area contributed by atoms with Gasteiger partial charge >= 0.3 is 0 Å². The maximum Gasteiger partial charge on any atom is 0.264 e. The van der Waals surface area contributed by atoms with Gasteiger partial charge in [-0.05, 0) is 37.6 Å². The Morgan fingerprint density at radius 3 is 3.05 bits per heavy atom. The lowest BCUT2D eigenvalue weighted by Crippen LogP contribution is -2.38. The van der Waals surface area contributed by atoms with E-state index < -0.39 is 0 Å². The van der Waals surface area contributed by atoms with Crippen molar-refractivity contribution in [1.82, 2.24) is 14.3 Å². The van der Waals surface area contributed by atoms with Gasteiger partial charge in [-0.3, -0.25) is 9.20 Å². The highest BCUT2D eigenvalue weighted by atomic mass is 32.1. The standard InChI is InChI=1S/C16H17N3OS2/c1-11-17-14(16-18(11)8-10-22-16)12-5-2-3-7-19(12)15(20)13-6-4-9-21-13/h4,6,8-10,12H,2-3,5,7H2,1H3. The molecule has 0 radical (unpaired) electrons. The van der Waals surface area contributed by atoms with E-state index in [0.29, 0.717) is 0 Å². The second kappa shape index (κ2) is 5.52. The molecule has 1 amide bonds. The summed E-state index contributed by atoms with van der Waals surface area (Å²) in [4.78, 5) is 21.6. The van der Waals surface area contributed by atoms with Gasteiger partial charge in [0.25, 0.3) is 5.91 Å². The third-order valence-electron chi connectivity index (χ3n) is 4.27. The molecule has 0 N–H and O–H groups in total. The van der Waals surface area contributed by atoms with E-state index in [1.165, 1.54) is 16.2 Å². The van der Waals surface area contributed by atoms with Crippen molar-refractivity contribution in [2.24, 2.45) is 0 Å². The number of aromatic nitrogens is 2. The summed E-state index contributed by atoms with van der Waals surface area (Å²) >= 11 is 3.22. The molecular weight excluding hydrogens is 314 g/mol. The van der Waals surface area contributed by atoms with Gasteiger partial charge in [-0.2, -0.15) is 0 Å². The number of piperidine rings is 1. The number of aryl methyl sites for hydroxylation is 1. The van der Waals surface area contributed by atoms with Crippen molar-refractivity contribution in [3.05, 3.63) is 45.5 Å². The number of rotatable bonds is 2. The Balaban J connectivity index is 1.74. The number of carbonyl (C=O) groups is 1. The highest BCUT2D eigenvalue weighted by Gasteiger charge is 2.32. The van der Waals surface area contributed by atoms with Crippen LogP contribution in [0.1, 0.15) is 46.5 Å². The first-order valence-electron chi connectivity index (χ1n) is 7.52. The van der Waals surface area contributed by atoms with Crippen molar-refractivity contribution in [2.45, 2.75) is 32.2 Å². The van der Waals surface area contributed by atoms with Crippen LogP contribution in [0.2, 0.25) is 0 Å². The molecule has 0 spiro atoms. The van der Waals surface area contributed by atoms with E-state index >= 15 is 0 Å². The number of fused-ring (bicyclic) bond motifs is 1. The van der Waals surface area contributed by atoms with Gasteiger partial charge in [0.05, 0.1) is 16.6 Å². The molecule has 3 aromatic rings.